The predicted octanol–water partition coefficient (Wildman–Crippen LogP) is 0.507. The highest BCUT2D eigenvalue weighted by Gasteiger charge is 2.17. The van der Waals surface area contributed by atoms with Crippen molar-refractivity contribution >= 4 is 16.4 Å². The van der Waals surface area contributed by atoms with Gasteiger partial charge in [0.1, 0.15) is 0 Å². The second kappa shape index (κ2) is 2.85. The lowest BCUT2D eigenvalue weighted by molar-refractivity contribution is 0.593. The van der Waals surface area contributed by atoms with E-state index in [4.69, 9.17) is 0 Å². The van der Waals surface area contributed by atoms with E-state index in [-0.39, 0.29) is 0 Å². The van der Waals surface area contributed by atoms with Crippen LogP contribution in [0.2, 0.25) is 0 Å². The Kier molecular flexibility index (Phi) is 1.81. The van der Waals surface area contributed by atoms with Crippen molar-refractivity contribution < 1.29 is 8.42 Å². The standard InChI is InChI=1S/C8H8N2O2S/c11-13(12)8-4-2-1-3-7(8)5-9-6-10-13/h1-4,6H,5H2,(H,9,10). The maximum atomic E-state index is 11.5. The molecule has 13 heavy (non-hydrogen) atoms. The van der Waals surface area contributed by atoms with Crippen LogP contribution in [0.4, 0.5) is 0 Å². The maximum absolute atomic E-state index is 11.5. The van der Waals surface area contributed by atoms with Gasteiger partial charge in [-0.3, -0.25) is 9.71 Å². The molecule has 0 bridgehead atoms. The van der Waals surface area contributed by atoms with Crippen molar-refractivity contribution in [2.45, 2.75) is 11.4 Å². The molecule has 1 aromatic rings. The first kappa shape index (κ1) is 8.25. The molecule has 0 aliphatic carbocycles. The number of benzene rings is 1. The monoisotopic (exact) mass is 196 g/mol. The van der Waals surface area contributed by atoms with Crippen molar-refractivity contribution in [3.8, 4) is 0 Å². The van der Waals surface area contributed by atoms with Crippen molar-refractivity contribution in [3.05, 3.63) is 29.8 Å². The van der Waals surface area contributed by atoms with Crippen LogP contribution in [0.1, 0.15) is 5.56 Å². The number of hydrogen-bond donors (Lipinski definition) is 1. The van der Waals surface area contributed by atoms with Crippen LogP contribution in [-0.2, 0) is 16.6 Å². The minimum absolute atomic E-state index is 0.313. The molecule has 1 aromatic carbocycles. The molecule has 1 N–H and O–H groups in total. The Morgan fingerprint density at radius 3 is 2.92 bits per heavy atom. The zero-order valence-corrected chi connectivity index (χ0v) is 7.58. The van der Waals surface area contributed by atoms with E-state index in [1.54, 1.807) is 24.3 Å². The topological polar surface area (TPSA) is 58.5 Å². The zero-order chi connectivity index (χ0) is 9.31. The molecule has 0 aromatic heterocycles. The summed E-state index contributed by atoms with van der Waals surface area (Å²) in [5.74, 6) is 0. The Balaban J connectivity index is 2.68. The van der Waals surface area contributed by atoms with E-state index in [0.717, 1.165) is 5.56 Å². The van der Waals surface area contributed by atoms with E-state index in [0.29, 0.717) is 11.4 Å². The highest BCUT2D eigenvalue weighted by molar-refractivity contribution is 7.90. The number of hydrogen-bond acceptors (Lipinski definition) is 3. The summed E-state index contributed by atoms with van der Waals surface area (Å²) < 4.78 is 25.2. The highest BCUT2D eigenvalue weighted by atomic mass is 32.2. The van der Waals surface area contributed by atoms with Gasteiger partial charge in [0.15, 0.2) is 0 Å². The molecular formula is C8H8N2O2S. The van der Waals surface area contributed by atoms with Crippen molar-refractivity contribution in [3.63, 3.8) is 0 Å². The van der Waals surface area contributed by atoms with Crippen molar-refractivity contribution in [2.75, 3.05) is 0 Å². The minimum atomic E-state index is -3.38. The van der Waals surface area contributed by atoms with Crippen molar-refractivity contribution in [1.29, 1.82) is 0 Å². The van der Waals surface area contributed by atoms with Gasteiger partial charge in [-0.05, 0) is 11.6 Å². The van der Waals surface area contributed by atoms with E-state index in [9.17, 15) is 8.42 Å². The SMILES string of the molecule is O=S1(=O)NC=NCc2ccccc21. The smallest absolute Gasteiger partial charge is 0.262 e. The number of nitrogens with zero attached hydrogens (tertiary/aromatic N) is 1. The van der Waals surface area contributed by atoms with Crippen LogP contribution in [0.3, 0.4) is 0 Å². The number of sulfonamides is 1. The van der Waals surface area contributed by atoms with E-state index >= 15 is 0 Å². The fraction of sp³-hybridized carbons (Fsp3) is 0.125. The van der Waals surface area contributed by atoms with Gasteiger partial charge in [-0.25, -0.2) is 8.42 Å². The quantitative estimate of drug-likeness (QED) is 0.657. The Labute approximate surface area is 76.4 Å². The Hall–Kier alpha value is -1.36. The summed E-state index contributed by atoms with van der Waals surface area (Å²) in [5, 5.41) is 0. The van der Waals surface area contributed by atoms with Gasteiger partial charge in [-0.2, -0.15) is 0 Å². The van der Waals surface area contributed by atoms with Crippen molar-refractivity contribution in [2.24, 2.45) is 4.99 Å². The highest BCUT2D eigenvalue weighted by Crippen LogP contribution is 2.17. The third-order valence-corrected chi connectivity index (χ3v) is 3.22. The molecule has 0 saturated carbocycles. The van der Waals surface area contributed by atoms with Crippen LogP contribution in [0.15, 0.2) is 34.2 Å². The summed E-state index contributed by atoms with van der Waals surface area (Å²) in [7, 11) is -3.38. The average molecular weight is 196 g/mol. The largest absolute Gasteiger partial charge is 0.270 e. The Morgan fingerprint density at radius 1 is 1.31 bits per heavy atom. The van der Waals surface area contributed by atoms with Crippen molar-refractivity contribution in [1.82, 2.24) is 4.72 Å². The van der Waals surface area contributed by atoms with Crippen LogP contribution in [-0.4, -0.2) is 14.8 Å². The zero-order valence-electron chi connectivity index (χ0n) is 6.77. The first-order valence-electron chi connectivity index (χ1n) is 3.79. The molecule has 0 amide bonds. The summed E-state index contributed by atoms with van der Waals surface area (Å²) in [5.41, 5.74) is 0.726. The van der Waals surface area contributed by atoms with Gasteiger partial charge in [0.25, 0.3) is 10.0 Å². The number of nitrogens with one attached hydrogen (secondary N) is 1. The predicted molar refractivity (Wildman–Crippen MR) is 49.0 cm³/mol. The summed E-state index contributed by atoms with van der Waals surface area (Å²) in [6.07, 6.45) is 1.22. The van der Waals surface area contributed by atoms with Gasteiger partial charge >= 0.3 is 0 Å². The number of rotatable bonds is 0. The maximum Gasteiger partial charge on any atom is 0.262 e. The molecule has 0 fully saturated rings. The molecule has 1 aliphatic rings. The molecule has 1 heterocycles. The summed E-state index contributed by atoms with van der Waals surface area (Å²) in [4.78, 5) is 4.21. The molecule has 0 spiro atoms. The van der Waals surface area contributed by atoms with E-state index in [1.807, 2.05) is 0 Å². The molecule has 68 valence electrons. The van der Waals surface area contributed by atoms with E-state index < -0.39 is 10.0 Å². The lowest BCUT2D eigenvalue weighted by Gasteiger charge is -2.03. The average Bonchev–Trinajstić information content (AvgIpc) is 2.26. The minimum Gasteiger partial charge on any atom is -0.270 e. The van der Waals surface area contributed by atoms with Gasteiger partial charge in [0.2, 0.25) is 0 Å². The lowest BCUT2D eigenvalue weighted by atomic mass is 10.2. The normalized spacial score (nSPS) is 18.5. The third-order valence-electron chi connectivity index (χ3n) is 1.82. The Bertz CT molecular complexity index is 451. The van der Waals surface area contributed by atoms with Gasteiger partial charge in [0.05, 0.1) is 17.8 Å². The fourth-order valence-corrected chi connectivity index (χ4v) is 2.29. The van der Waals surface area contributed by atoms with E-state index in [1.165, 1.54) is 6.34 Å². The van der Waals surface area contributed by atoms with Gasteiger partial charge in [0, 0.05) is 0 Å². The van der Waals surface area contributed by atoms with Gasteiger partial charge in [-0.15, -0.1) is 0 Å². The summed E-state index contributed by atoms with van der Waals surface area (Å²) in [6, 6.07) is 6.84. The molecule has 4 nitrogen and oxygen atoms in total. The van der Waals surface area contributed by atoms with Gasteiger partial charge in [-0.1, -0.05) is 18.2 Å². The Morgan fingerprint density at radius 2 is 2.08 bits per heavy atom. The molecular weight excluding hydrogens is 188 g/mol. The first-order chi connectivity index (χ1) is 6.20. The second-order valence-corrected chi connectivity index (χ2v) is 4.38. The van der Waals surface area contributed by atoms with Crippen LogP contribution < -0.4 is 4.72 Å². The fourth-order valence-electron chi connectivity index (χ4n) is 1.21. The molecule has 0 saturated heterocycles. The molecule has 5 heteroatoms. The number of fused-ring (bicyclic) bond motifs is 1. The first-order valence-corrected chi connectivity index (χ1v) is 5.27. The van der Waals surface area contributed by atoms with E-state index in [2.05, 4.69) is 9.71 Å². The molecule has 2 rings (SSSR count). The van der Waals surface area contributed by atoms with Crippen LogP contribution in [0.5, 0.6) is 0 Å². The second-order valence-electron chi connectivity index (χ2n) is 2.70. The van der Waals surface area contributed by atoms with Crippen LogP contribution in [0, 0.1) is 0 Å². The molecule has 1 aliphatic heterocycles. The molecule has 0 radical (unpaired) electrons. The van der Waals surface area contributed by atoms with Crippen LogP contribution >= 0.6 is 0 Å². The number of aliphatic imine (C=N–C) groups is 1. The molecule has 0 atom stereocenters. The van der Waals surface area contributed by atoms with Crippen LogP contribution in [0.25, 0.3) is 0 Å². The summed E-state index contributed by atoms with van der Waals surface area (Å²) in [6.45, 7) is 0.405. The lowest BCUT2D eigenvalue weighted by Crippen LogP contribution is -2.21. The molecule has 0 unspecified atom stereocenters. The summed E-state index contributed by atoms with van der Waals surface area (Å²) >= 11 is 0. The third kappa shape index (κ3) is 1.42. The van der Waals surface area contributed by atoms with Gasteiger partial charge < -0.3 is 0 Å².